The van der Waals surface area contributed by atoms with Crippen molar-refractivity contribution in [2.75, 3.05) is 11.0 Å². The summed E-state index contributed by atoms with van der Waals surface area (Å²) >= 11 is 0. The maximum Gasteiger partial charge on any atom is 0.309 e. The molecule has 0 heterocycles. The Hall–Kier alpha value is -1.89. The molecular weight excluding hydrogens is 378 g/mol. The molecule has 1 fully saturated rings. The number of ether oxygens (including phenoxy) is 1. The monoisotopic (exact) mass is 409 g/mol. The SMILES string of the molecule is CC(OC(=O)C1CCC(C(C)(C)C)CC1)C(=O)c1ccc(NS(C)(=O)=O)cc1. The summed E-state index contributed by atoms with van der Waals surface area (Å²) in [5, 5.41) is 0. The summed E-state index contributed by atoms with van der Waals surface area (Å²) in [4.78, 5) is 25.0. The predicted molar refractivity (Wildman–Crippen MR) is 110 cm³/mol. The number of Topliss-reactive ketones (excluding diaryl/α,β-unsaturated/α-hetero) is 1. The van der Waals surface area contributed by atoms with Crippen LogP contribution >= 0.6 is 0 Å². The van der Waals surface area contributed by atoms with Gasteiger partial charge in [0.2, 0.25) is 15.8 Å². The quantitative estimate of drug-likeness (QED) is 0.566. The van der Waals surface area contributed by atoms with Crippen molar-refractivity contribution in [3.05, 3.63) is 29.8 Å². The Morgan fingerprint density at radius 2 is 1.61 bits per heavy atom. The highest BCUT2D eigenvalue weighted by Crippen LogP contribution is 2.40. The van der Waals surface area contributed by atoms with Crippen LogP contribution in [0.3, 0.4) is 0 Å². The molecule has 6 nitrogen and oxygen atoms in total. The molecule has 0 saturated heterocycles. The fourth-order valence-corrected chi connectivity index (χ4v) is 4.23. The van der Waals surface area contributed by atoms with Crippen molar-refractivity contribution in [3.8, 4) is 0 Å². The van der Waals surface area contributed by atoms with Gasteiger partial charge in [-0.05, 0) is 68.2 Å². The molecule has 28 heavy (non-hydrogen) atoms. The largest absolute Gasteiger partial charge is 0.454 e. The minimum absolute atomic E-state index is 0.143. The van der Waals surface area contributed by atoms with Crippen LogP contribution in [0.25, 0.3) is 0 Å². The Labute approximate surface area is 168 Å². The van der Waals surface area contributed by atoms with E-state index in [0.29, 0.717) is 17.2 Å². The highest BCUT2D eigenvalue weighted by atomic mass is 32.2. The van der Waals surface area contributed by atoms with Gasteiger partial charge in [0.1, 0.15) is 0 Å². The predicted octanol–water partition coefficient (Wildman–Crippen LogP) is 4.03. The second-order valence-electron chi connectivity index (χ2n) is 8.81. The van der Waals surface area contributed by atoms with E-state index in [4.69, 9.17) is 4.74 Å². The van der Waals surface area contributed by atoms with Crippen LogP contribution in [-0.4, -0.2) is 32.5 Å². The van der Waals surface area contributed by atoms with Gasteiger partial charge >= 0.3 is 5.97 Å². The number of hydrogen-bond donors (Lipinski definition) is 1. The fourth-order valence-electron chi connectivity index (χ4n) is 3.67. The Morgan fingerprint density at radius 1 is 1.07 bits per heavy atom. The van der Waals surface area contributed by atoms with Crippen molar-refractivity contribution in [2.24, 2.45) is 17.3 Å². The number of benzene rings is 1. The molecule has 1 aromatic rings. The standard InChI is InChI=1S/C21H31NO5S/c1-14(19(23)15-8-12-18(13-9-15)22-28(5,25)26)27-20(24)16-6-10-17(11-7-16)21(2,3)4/h8-9,12-14,16-17,22H,6-7,10-11H2,1-5H3. The molecule has 1 aromatic carbocycles. The van der Waals surface area contributed by atoms with Gasteiger partial charge in [-0.3, -0.25) is 14.3 Å². The van der Waals surface area contributed by atoms with Crippen molar-refractivity contribution in [1.29, 1.82) is 0 Å². The lowest BCUT2D eigenvalue weighted by Crippen LogP contribution is -2.32. The highest BCUT2D eigenvalue weighted by Gasteiger charge is 2.34. The van der Waals surface area contributed by atoms with E-state index < -0.39 is 16.1 Å². The van der Waals surface area contributed by atoms with Gasteiger partial charge in [-0.25, -0.2) is 8.42 Å². The third kappa shape index (κ3) is 6.33. The number of ketones is 1. The highest BCUT2D eigenvalue weighted by molar-refractivity contribution is 7.92. The Balaban J connectivity index is 1.91. The van der Waals surface area contributed by atoms with Crippen molar-refractivity contribution < 1.29 is 22.7 Å². The molecule has 1 N–H and O–H groups in total. The molecule has 0 amide bonds. The summed E-state index contributed by atoms with van der Waals surface area (Å²) in [5.41, 5.74) is 0.992. The number of sulfonamides is 1. The number of hydrogen-bond acceptors (Lipinski definition) is 5. The summed E-state index contributed by atoms with van der Waals surface area (Å²) in [6.07, 6.45) is 3.78. The Bertz CT molecular complexity index is 800. The molecule has 1 aliphatic rings. The number of esters is 1. The van der Waals surface area contributed by atoms with Gasteiger partial charge < -0.3 is 4.74 Å². The van der Waals surface area contributed by atoms with E-state index in [9.17, 15) is 18.0 Å². The molecule has 1 atom stereocenters. The molecular formula is C21H31NO5S. The smallest absolute Gasteiger partial charge is 0.309 e. The van der Waals surface area contributed by atoms with E-state index in [2.05, 4.69) is 25.5 Å². The van der Waals surface area contributed by atoms with Crippen molar-refractivity contribution >= 4 is 27.5 Å². The molecule has 0 bridgehead atoms. The topological polar surface area (TPSA) is 89.5 Å². The minimum atomic E-state index is -3.37. The van der Waals surface area contributed by atoms with Crippen molar-refractivity contribution in [2.45, 2.75) is 59.5 Å². The lowest BCUT2D eigenvalue weighted by atomic mass is 9.70. The van der Waals surface area contributed by atoms with Crippen LogP contribution in [0.4, 0.5) is 5.69 Å². The number of nitrogens with one attached hydrogen (secondary N) is 1. The van der Waals surface area contributed by atoms with Gasteiger partial charge in [-0.15, -0.1) is 0 Å². The van der Waals surface area contributed by atoms with Crippen LogP contribution in [0.1, 0.15) is 63.7 Å². The van der Waals surface area contributed by atoms with E-state index in [0.717, 1.165) is 31.9 Å². The average molecular weight is 410 g/mol. The number of carbonyl (C=O) groups is 2. The summed E-state index contributed by atoms with van der Waals surface area (Å²) in [5.74, 6) is -0.143. The van der Waals surface area contributed by atoms with Crippen molar-refractivity contribution in [3.63, 3.8) is 0 Å². The maximum atomic E-state index is 12.5. The van der Waals surface area contributed by atoms with Crippen LogP contribution in [0.2, 0.25) is 0 Å². The number of anilines is 1. The van der Waals surface area contributed by atoms with Gasteiger partial charge in [0, 0.05) is 11.3 Å². The zero-order valence-electron chi connectivity index (χ0n) is 17.3. The van der Waals surface area contributed by atoms with Crippen LogP contribution in [0, 0.1) is 17.3 Å². The molecule has 1 aliphatic carbocycles. The number of carbonyl (C=O) groups excluding carboxylic acids is 2. The summed E-state index contributed by atoms with van der Waals surface area (Å²) in [6, 6.07) is 6.07. The van der Waals surface area contributed by atoms with E-state index in [1.165, 1.54) is 24.3 Å². The summed E-state index contributed by atoms with van der Waals surface area (Å²) in [7, 11) is -3.37. The molecule has 1 saturated carbocycles. The molecule has 2 rings (SSSR count). The van der Waals surface area contributed by atoms with Crippen LogP contribution in [0.15, 0.2) is 24.3 Å². The molecule has 0 aliphatic heterocycles. The zero-order valence-corrected chi connectivity index (χ0v) is 18.1. The first-order valence-electron chi connectivity index (χ1n) is 9.69. The first-order valence-corrected chi connectivity index (χ1v) is 11.6. The zero-order chi connectivity index (χ0) is 21.1. The first kappa shape index (κ1) is 22.4. The summed E-state index contributed by atoms with van der Waals surface area (Å²) < 4.78 is 30.3. The molecule has 0 aromatic heterocycles. The van der Waals surface area contributed by atoms with Crippen LogP contribution < -0.4 is 4.72 Å². The van der Waals surface area contributed by atoms with Gasteiger partial charge in [0.25, 0.3) is 0 Å². The van der Waals surface area contributed by atoms with E-state index in [1.807, 2.05) is 0 Å². The van der Waals surface area contributed by atoms with Crippen molar-refractivity contribution in [1.82, 2.24) is 0 Å². The van der Waals surface area contributed by atoms with E-state index in [1.54, 1.807) is 6.92 Å². The third-order valence-electron chi connectivity index (χ3n) is 5.42. The average Bonchev–Trinajstić information content (AvgIpc) is 2.59. The van der Waals surface area contributed by atoms with Gasteiger partial charge in [0.15, 0.2) is 6.10 Å². The van der Waals surface area contributed by atoms with Gasteiger partial charge in [-0.1, -0.05) is 20.8 Å². The second kappa shape index (κ2) is 8.64. The van der Waals surface area contributed by atoms with Crippen LogP contribution in [-0.2, 0) is 19.6 Å². The molecule has 156 valence electrons. The lowest BCUT2D eigenvalue weighted by molar-refractivity contribution is -0.153. The van der Waals surface area contributed by atoms with Crippen LogP contribution in [0.5, 0.6) is 0 Å². The Kier molecular flexibility index (Phi) is 6.91. The van der Waals surface area contributed by atoms with Gasteiger partial charge in [0.05, 0.1) is 12.2 Å². The molecule has 0 spiro atoms. The van der Waals surface area contributed by atoms with Gasteiger partial charge in [-0.2, -0.15) is 0 Å². The third-order valence-corrected chi connectivity index (χ3v) is 6.03. The number of rotatable bonds is 6. The maximum absolute atomic E-state index is 12.5. The molecule has 1 unspecified atom stereocenters. The minimum Gasteiger partial charge on any atom is -0.454 e. The molecule has 7 heteroatoms. The normalized spacial score (nSPS) is 21.6. The fraction of sp³-hybridized carbons (Fsp3) is 0.619. The second-order valence-corrected chi connectivity index (χ2v) is 10.6. The molecule has 0 radical (unpaired) electrons. The van der Waals surface area contributed by atoms with E-state index >= 15 is 0 Å². The van der Waals surface area contributed by atoms with E-state index in [-0.39, 0.29) is 23.1 Å². The Morgan fingerprint density at radius 3 is 2.07 bits per heavy atom. The summed E-state index contributed by atoms with van der Waals surface area (Å²) in [6.45, 7) is 8.26. The lowest BCUT2D eigenvalue weighted by Gasteiger charge is -2.36. The first-order chi connectivity index (χ1) is 12.9.